The molecule has 0 aliphatic carbocycles. The van der Waals surface area contributed by atoms with Crippen LogP contribution in [0.4, 0.5) is 11.5 Å². The summed E-state index contributed by atoms with van der Waals surface area (Å²) in [4.78, 5) is 24.7. The quantitative estimate of drug-likeness (QED) is 0.333. The Balaban J connectivity index is 1.67. The molecule has 1 aliphatic heterocycles. The second-order valence-electron chi connectivity index (χ2n) is 5.69. The Bertz CT molecular complexity index is 752. The fourth-order valence-corrected chi connectivity index (χ4v) is 3.66. The Labute approximate surface area is 156 Å². The average molecular weight is 374 g/mol. The molecule has 0 unspecified atom stereocenters. The Morgan fingerprint density at radius 2 is 1.88 bits per heavy atom. The van der Waals surface area contributed by atoms with Gasteiger partial charge in [-0.05, 0) is 12.1 Å². The molecule has 1 aromatic heterocycles. The molecular formula is C17H22N6O2S. The van der Waals surface area contributed by atoms with Gasteiger partial charge in [0, 0.05) is 38.6 Å². The number of aromatic nitrogens is 2. The summed E-state index contributed by atoms with van der Waals surface area (Å²) in [6.07, 6.45) is 3.31. The molecule has 3 rings (SSSR count). The van der Waals surface area contributed by atoms with E-state index in [1.54, 1.807) is 19.5 Å². The first-order chi connectivity index (χ1) is 12.7. The molecule has 1 saturated heterocycles. The maximum absolute atomic E-state index is 11.4. The van der Waals surface area contributed by atoms with Crippen molar-refractivity contribution in [1.82, 2.24) is 15.4 Å². The maximum atomic E-state index is 11.4. The summed E-state index contributed by atoms with van der Waals surface area (Å²) in [7, 11) is 1.69. The summed E-state index contributed by atoms with van der Waals surface area (Å²) < 4.78 is 5.47. The summed E-state index contributed by atoms with van der Waals surface area (Å²) in [5.41, 5.74) is 3.23. The van der Waals surface area contributed by atoms with Gasteiger partial charge in [-0.2, -0.15) is 0 Å². The van der Waals surface area contributed by atoms with Crippen LogP contribution < -0.4 is 25.8 Å². The Kier molecular flexibility index (Phi) is 6.13. The molecular weight excluding hydrogens is 352 g/mol. The lowest BCUT2D eigenvalue weighted by Gasteiger charge is -2.37. The number of carbonyl (C=O) groups excluding carboxylic acids is 1. The number of nitrogens with one attached hydrogen (secondary N) is 1. The van der Waals surface area contributed by atoms with E-state index < -0.39 is 0 Å². The Morgan fingerprint density at radius 1 is 1.19 bits per heavy atom. The van der Waals surface area contributed by atoms with Gasteiger partial charge in [0.1, 0.15) is 10.8 Å². The van der Waals surface area contributed by atoms with E-state index in [-0.39, 0.29) is 11.7 Å². The SMILES string of the molecule is COc1ccccc1N1CCN(c2nccnc2SCC(=O)NN)CC1. The predicted molar refractivity (Wildman–Crippen MR) is 103 cm³/mol. The molecule has 3 N–H and O–H groups in total. The first kappa shape index (κ1) is 18.3. The molecule has 0 saturated carbocycles. The second-order valence-corrected chi connectivity index (χ2v) is 6.65. The predicted octanol–water partition coefficient (Wildman–Crippen LogP) is 0.894. The second kappa shape index (κ2) is 8.72. The molecule has 1 fully saturated rings. The van der Waals surface area contributed by atoms with Crippen molar-refractivity contribution in [2.45, 2.75) is 5.03 Å². The monoisotopic (exact) mass is 374 g/mol. The molecule has 138 valence electrons. The minimum Gasteiger partial charge on any atom is -0.495 e. The van der Waals surface area contributed by atoms with Crippen LogP contribution in [0.15, 0.2) is 41.7 Å². The highest BCUT2D eigenvalue weighted by Gasteiger charge is 2.23. The topological polar surface area (TPSA) is 96.6 Å². The van der Waals surface area contributed by atoms with Gasteiger partial charge >= 0.3 is 0 Å². The number of methoxy groups -OCH3 is 1. The number of nitrogens with two attached hydrogens (primary N) is 1. The van der Waals surface area contributed by atoms with Gasteiger partial charge in [0.15, 0.2) is 5.82 Å². The minimum atomic E-state index is -0.243. The third-order valence-electron chi connectivity index (χ3n) is 4.15. The van der Waals surface area contributed by atoms with Gasteiger partial charge in [-0.25, -0.2) is 15.8 Å². The first-order valence-corrected chi connectivity index (χ1v) is 9.27. The van der Waals surface area contributed by atoms with Crippen LogP contribution in [-0.4, -0.2) is 54.9 Å². The molecule has 0 bridgehead atoms. The summed E-state index contributed by atoms with van der Waals surface area (Å²) in [5.74, 6) is 6.79. The molecule has 0 radical (unpaired) electrons. The molecule has 9 heteroatoms. The number of carbonyl (C=O) groups is 1. The van der Waals surface area contributed by atoms with Crippen LogP contribution in [0, 0.1) is 0 Å². The number of hydrogen-bond acceptors (Lipinski definition) is 8. The summed E-state index contributed by atoms with van der Waals surface area (Å²) >= 11 is 1.34. The molecule has 2 heterocycles. The number of nitrogens with zero attached hydrogens (tertiary/aromatic N) is 4. The van der Waals surface area contributed by atoms with E-state index in [9.17, 15) is 4.79 Å². The zero-order valence-corrected chi connectivity index (χ0v) is 15.4. The lowest BCUT2D eigenvalue weighted by atomic mass is 10.2. The molecule has 1 aromatic carbocycles. The normalized spacial score (nSPS) is 14.2. The van der Waals surface area contributed by atoms with Gasteiger partial charge in [-0.15, -0.1) is 0 Å². The summed E-state index contributed by atoms with van der Waals surface area (Å²) in [6.45, 7) is 3.33. The number of thioether (sulfide) groups is 1. The van der Waals surface area contributed by atoms with Crippen molar-refractivity contribution in [2.75, 3.05) is 48.8 Å². The van der Waals surface area contributed by atoms with Gasteiger partial charge < -0.3 is 14.5 Å². The van der Waals surface area contributed by atoms with Crippen molar-refractivity contribution in [2.24, 2.45) is 5.84 Å². The summed E-state index contributed by atoms with van der Waals surface area (Å²) in [6, 6.07) is 8.04. The summed E-state index contributed by atoms with van der Waals surface area (Å²) in [5, 5.41) is 0.738. The van der Waals surface area contributed by atoms with E-state index in [1.807, 2.05) is 18.2 Å². The number of rotatable bonds is 6. The van der Waals surface area contributed by atoms with E-state index in [2.05, 4.69) is 31.3 Å². The number of anilines is 2. The van der Waals surface area contributed by atoms with Gasteiger partial charge in [0.2, 0.25) is 5.91 Å². The highest BCUT2D eigenvalue weighted by molar-refractivity contribution is 8.00. The van der Waals surface area contributed by atoms with E-state index in [0.717, 1.165) is 48.5 Å². The van der Waals surface area contributed by atoms with Crippen LogP contribution in [0.25, 0.3) is 0 Å². The minimum absolute atomic E-state index is 0.212. The number of amides is 1. The smallest absolute Gasteiger partial charge is 0.244 e. The van der Waals surface area contributed by atoms with Crippen molar-refractivity contribution < 1.29 is 9.53 Å². The van der Waals surface area contributed by atoms with Crippen molar-refractivity contribution in [1.29, 1.82) is 0 Å². The van der Waals surface area contributed by atoms with Crippen molar-refractivity contribution in [3.8, 4) is 5.75 Å². The lowest BCUT2D eigenvalue weighted by Crippen LogP contribution is -2.47. The molecule has 8 nitrogen and oxygen atoms in total. The van der Waals surface area contributed by atoms with E-state index in [0.29, 0.717) is 0 Å². The number of piperazine rings is 1. The van der Waals surface area contributed by atoms with Crippen LogP contribution in [0.1, 0.15) is 0 Å². The van der Waals surface area contributed by atoms with Gasteiger partial charge in [0.05, 0.1) is 18.6 Å². The number of hydrogen-bond donors (Lipinski definition) is 2. The van der Waals surface area contributed by atoms with Gasteiger partial charge in [-0.3, -0.25) is 10.2 Å². The van der Waals surface area contributed by atoms with Crippen molar-refractivity contribution in [3.63, 3.8) is 0 Å². The number of para-hydroxylation sites is 2. The molecule has 2 aromatic rings. The lowest BCUT2D eigenvalue weighted by molar-refractivity contribution is -0.118. The number of benzene rings is 1. The maximum Gasteiger partial charge on any atom is 0.244 e. The van der Waals surface area contributed by atoms with E-state index >= 15 is 0 Å². The van der Waals surface area contributed by atoms with Crippen LogP contribution in [-0.2, 0) is 4.79 Å². The third-order valence-corrected chi connectivity index (χ3v) is 5.12. The fraction of sp³-hybridized carbons (Fsp3) is 0.353. The molecule has 1 amide bonds. The highest BCUT2D eigenvalue weighted by atomic mass is 32.2. The average Bonchev–Trinajstić information content (AvgIpc) is 2.72. The standard InChI is InChI=1S/C17H22N6O2S/c1-25-14-5-3-2-4-13(14)22-8-10-23(11-9-22)16-17(20-7-6-19-16)26-12-15(24)21-18/h2-7H,8-12,18H2,1H3,(H,21,24). The van der Waals surface area contributed by atoms with Crippen molar-refractivity contribution >= 4 is 29.2 Å². The van der Waals surface area contributed by atoms with E-state index in [4.69, 9.17) is 10.6 Å². The molecule has 0 spiro atoms. The fourth-order valence-electron chi connectivity index (χ4n) is 2.86. The van der Waals surface area contributed by atoms with Crippen LogP contribution in [0.5, 0.6) is 5.75 Å². The number of ether oxygens (including phenoxy) is 1. The molecule has 26 heavy (non-hydrogen) atoms. The van der Waals surface area contributed by atoms with Crippen molar-refractivity contribution in [3.05, 3.63) is 36.7 Å². The van der Waals surface area contributed by atoms with Crippen LogP contribution in [0.2, 0.25) is 0 Å². The highest BCUT2D eigenvalue weighted by Crippen LogP contribution is 2.30. The Hall–Kier alpha value is -2.52. The van der Waals surface area contributed by atoms with E-state index in [1.165, 1.54) is 11.8 Å². The zero-order chi connectivity index (χ0) is 18.4. The molecule has 1 aliphatic rings. The van der Waals surface area contributed by atoms with Crippen LogP contribution in [0.3, 0.4) is 0 Å². The van der Waals surface area contributed by atoms with Crippen LogP contribution >= 0.6 is 11.8 Å². The number of hydrazine groups is 1. The third kappa shape index (κ3) is 4.17. The van der Waals surface area contributed by atoms with Gasteiger partial charge in [-0.1, -0.05) is 23.9 Å². The molecule has 0 atom stereocenters. The van der Waals surface area contributed by atoms with Gasteiger partial charge in [0.25, 0.3) is 0 Å². The Morgan fingerprint density at radius 3 is 2.62 bits per heavy atom. The first-order valence-electron chi connectivity index (χ1n) is 8.29. The zero-order valence-electron chi connectivity index (χ0n) is 14.6. The largest absolute Gasteiger partial charge is 0.495 e.